The van der Waals surface area contributed by atoms with E-state index >= 15 is 0 Å². The number of anilines is 2. The summed E-state index contributed by atoms with van der Waals surface area (Å²) in [6.07, 6.45) is 2.94. The molecule has 124 valence electrons. The molecule has 0 unspecified atom stereocenters. The molecule has 24 heavy (non-hydrogen) atoms. The number of hydrogen-bond acceptors (Lipinski definition) is 3. The van der Waals surface area contributed by atoms with Gasteiger partial charge in [0.15, 0.2) is 0 Å². The Labute approximate surface area is 142 Å². The smallest absolute Gasteiger partial charge is 0.231 e. The van der Waals surface area contributed by atoms with E-state index in [2.05, 4.69) is 23.1 Å². The van der Waals surface area contributed by atoms with Crippen molar-refractivity contribution in [3.05, 3.63) is 54.1 Å². The minimum absolute atomic E-state index is 0.145. The van der Waals surface area contributed by atoms with Gasteiger partial charge in [-0.25, -0.2) is 0 Å². The third-order valence-corrected chi connectivity index (χ3v) is 4.82. The zero-order chi connectivity index (χ0) is 16.5. The number of rotatable bonds is 4. The lowest BCUT2D eigenvalue weighted by molar-refractivity contribution is -0.118. The number of carbonyl (C=O) groups excluding carboxylic acids is 1. The van der Waals surface area contributed by atoms with E-state index in [1.807, 2.05) is 35.2 Å². The van der Waals surface area contributed by atoms with Crippen LogP contribution in [-0.2, 0) is 11.2 Å². The first-order valence-electron chi connectivity index (χ1n) is 8.55. The lowest BCUT2D eigenvalue weighted by Gasteiger charge is -2.38. The summed E-state index contributed by atoms with van der Waals surface area (Å²) in [5, 5.41) is 0. The Morgan fingerprint density at radius 2 is 1.88 bits per heavy atom. The van der Waals surface area contributed by atoms with Crippen molar-refractivity contribution in [2.45, 2.75) is 25.3 Å². The summed E-state index contributed by atoms with van der Waals surface area (Å²) in [5.74, 6) is 0.936. The van der Waals surface area contributed by atoms with Crippen LogP contribution in [0.3, 0.4) is 0 Å². The predicted molar refractivity (Wildman–Crippen MR) is 95.9 cm³/mol. The second kappa shape index (κ2) is 6.19. The zero-order valence-electron chi connectivity index (χ0n) is 13.9. The Kier molecular flexibility index (Phi) is 3.89. The second-order valence-electron chi connectivity index (χ2n) is 6.49. The lowest BCUT2D eigenvalue weighted by Crippen LogP contribution is -2.45. The van der Waals surface area contributed by atoms with Gasteiger partial charge in [0.25, 0.3) is 0 Å². The van der Waals surface area contributed by atoms with Gasteiger partial charge in [-0.3, -0.25) is 4.79 Å². The Morgan fingerprint density at radius 1 is 1.08 bits per heavy atom. The Bertz CT molecular complexity index is 755. The van der Waals surface area contributed by atoms with Gasteiger partial charge in [-0.05, 0) is 42.7 Å². The number of amides is 1. The zero-order valence-corrected chi connectivity index (χ0v) is 13.9. The largest absolute Gasteiger partial charge is 0.497 e. The highest BCUT2D eigenvalue weighted by Gasteiger charge is 2.35. The molecule has 0 radical (unpaired) electrons. The maximum Gasteiger partial charge on any atom is 0.231 e. The highest BCUT2D eigenvalue weighted by atomic mass is 16.5. The molecule has 1 saturated carbocycles. The third kappa shape index (κ3) is 2.84. The van der Waals surface area contributed by atoms with Crippen molar-refractivity contribution >= 4 is 17.3 Å². The molecule has 4 rings (SSSR count). The first-order valence-corrected chi connectivity index (χ1v) is 8.55. The Morgan fingerprint density at radius 3 is 2.62 bits per heavy atom. The van der Waals surface area contributed by atoms with Gasteiger partial charge in [0.1, 0.15) is 5.75 Å². The molecular weight excluding hydrogens is 300 g/mol. The maximum absolute atomic E-state index is 12.9. The summed E-state index contributed by atoms with van der Waals surface area (Å²) < 4.78 is 5.25. The fourth-order valence-corrected chi connectivity index (χ4v) is 3.46. The van der Waals surface area contributed by atoms with E-state index in [-0.39, 0.29) is 5.91 Å². The molecule has 0 bridgehead atoms. The predicted octanol–water partition coefficient (Wildman–Crippen LogP) is 3.25. The molecule has 1 aliphatic heterocycles. The minimum Gasteiger partial charge on any atom is -0.497 e. The maximum atomic E-state index is 12.9. The molecule has 4 heteroatoms. The fraction of sp³-hybridized carbons (Fsp3) is 0.350. The molecule has 2 aliphatic rings. The van der Waals surface area contributed by atoms with Gasteiger partial charge in [0, 0.05) is 19.1 Å². The SMILES string of the molecule is COc1cccc(CC(=O)N2CCN(C3CC3)c3ccccc32)c1. The van der Waals surface area contributed by atoms with Crippen molar-refractivity contribution in [2.75, 3.05) is 30.0 Å². The van der Waals surface area contributed by atoms with Crippen molar-refractivity contribution in [3.63, 3.8) is 0 Å². The molecule has 1 heterocycles. The molecule has 0 spiro atoms. The van der Waals surface area contributed by atoms with Crippen LogP contribution in [0, 0.1) is 0 Å². The van der Waals surface area contributed by atoms with Gasteiger partial charge < -0.3 is 14.5 Å². The van der Waals surface area contributed by atoms with Gasteiger partial charge in [-0.1, -0.05) is 24.3 Å². The van der Waals surface area contributed by atoms with Crippen LogP contribution in [0.1, 0.15) is 18.4 Å². The highest BCUT2D eigenvalue weighted by Crippen LogP contribution is 2.39. The summed E-state index contributed by atoms with van der Waals surface area (Å²) >= 11 is 0. The van der Waals surface area contributed by atoms with E-state index in [0.29, 0.717) is 12.5 Å². The summed E-state index contributed by atoms with van der Waals surface area (Å²) in [7, 11) is 1.65. The third-order valence-electron chi connectivity index (χ3n) is 4.82. The van der Waals surface area contributed by atoms with Crippen LogP contribution in [-0.4, -0.2) is 32.1 Å². The Hall–Kier alpha value is -2.49. The molecule has 2 aromatic carbocycles. The molecular formula is C20H22N2O2. The molecule has 1 amide bonds. The van der Waals surface area contributed by atoms with Crippen LogP contribution in [0.5, 0.6) is 5.75 Å². The summed E-state index contributed by atoms with van der Waals surface area (Å²) in [6.45, 7) is 1.68. The van der Waals surface area contributed by atoms with Crippen molar-refractivity contribution < 1.29 is 9.53 Å². The average molecular weight is 322 g/mol. The summed E-state index contributed by atoms with van der Waals surface area (Å²) in [6, 6.07) is 16.7. The van der Waals surface area contributed by atoms with Crippen LogP contribution >= 0.6 is 0 Å². The number of hydrogen-bond donors (Lipinski definition) is 0. The van der Waals surface area contributed by atoms with Crippen LogP contribution < -0.4 is 14.5 Å². The lowest BCUT2D eigenvalue weighted by atomic mass is 10.1. The van der Waals surface area contributed by atoms with E-state index in [1.54, 1.807) is 7.11 Å². The van der Waals surface area contributed by atoms with Gasteiger partial charge >= 0.3 is 0 Å². The van der Waals surface area contributed by atoms with Crippen LogP contribution in [0.15, 0.2) is 48.5 Å². The Balaban J connectivity index is 1.57. The number of fused-ring (bicyclic) bond motifs is 1. The fourth-order valence-electron chi connectivity index (χ4n) is 3.46. The molecule has 2 aromatic rings. The topological polar surface area (TPSA) is 32.8 Å². The number of benzene rings is 2. The highest BCUT2D eigenvalue weighted by molar-refractivity contribution is 5.99. The molecule has 0 N–H and O–H groups in total. The second-order valence-corrected chi connectivity index (χ2v) is 6.49. The molecule has 1 fully saturated rings. The van der Waals surface area contributed by atoms with E-state index in [4.69, 9.17) is 4.74 Å². The van der Waals surface area contributed by atoms with E-state index < -0.39 is 0 Å². The first kappa shape index (κ1) is 15.1. The molecule has 4 nitrogen and oxygen atoms in total. The van der Waals surface area contributed by atoms with Crippen LogP contribution in [0.25, 0.3) is 0 Å². The van der Waals surface area contributed by atoms with Crippen molar-refractivity contribution in [3.8, 4) is 5.75 Å². The number of para-hydroxylation sites is 2. The number of ether oxygens (including phenoxy) is 1. The van der Waals surface area contributed by atoms with Gasteiger partial charge in [0.2, 0.25) is 5.91 Å². The van der Waals surface area contributed by atoms with E-state index in [1.165, 1.54) is 18.5 Å². The molecule has 1 aliphatic carbocycles. The number of methoxy groups -OCH3 is 1. The average Bonchev–Trinajstić information content (AvgIpc) is 3.46. The van der Waals surface area contributed by atoms with E-state index in [9.17, 15) is 4.79 Å². The summed E-state index contributed by atoms with van der Waals surface area (Å²) in [5.41, 5.74) is 3.23. The molecule has 0 saturated heterocycles. The molecule has 0 aromatic heterocycles. The monoisotopic (exact) mass is 322 g/mol. The van der Waals surface area contributed by atoms with Crippen molar-refractivity contribution in [1.82, 2.24) is 0 Å². The normalized spacial score (nSPS) is 16.7. The quantitative estimate of drug-likeness (QED) is 0.866. The first-order chi connectivity index (χ1) is 11.8. The van der Waals surface area contributed by atoms with Gasteiger partial charge in [-0.2, -0.15) is 0 Å². The number of nitrogens with zero attached hydrogens (tertiary/aromatic N) is 2. The van der Waals surface area contributed by atoms with Crippen molar-refractivity contribution in [2.24, 2.45) is 0 Å². The van der Waals surface area contributed by atoms with E-state index in [0.717, 1.165) is 30.1 Å². The van der Waals surface area contributed by atoms with Crippen LogP contribution in [0.2, 0.25) is 0 Å². The summed E-state index contributed by atoms with van der Waals surface area (Å²) in [4.78, 5) is 17.3. The van der Waals surface area contributed by atoms with Crippen LogP contribution in [0.4, 0.5) is 11.4 Å². The molecule has 0 atom stereocenters. The van der Waals surface area contributed by atoms with Gasteiger partial charge in [0.05, 0.1) is 24.9 Å². The van der Waals surface area contributed by atoms with Crippen molar-refractivity contribution in [1.29, 1.82) is 0 Å². The van der Waals surface area contributed by atoms with Gasteiger partial charge in [-0.15, -0.1) is 0 Å². The standard InChI is InChI=1S/C20H22N2O2/c1-24-17-6-4-5-15(13-17)14-20(23)22-12-11-21(16-9-10-16)18-7-2-3-8-19(18)22/h2-8,13,16H,9-12,14H2,1H3. The number of carbonyl (C=O) groups is 1. The minimum atomic E-state index is 0.145.